The average molecular weight is 415 g/mol. The molecule has 0 amide bonds. The lowest BCUT2D eigenvalue weighted by atomic mass is 10.1. The molecule has 152 valence electrons. The SMILES string of the molecule is COc1cc(N(Cc2cccc(Cl)c2)CC2CC2)cnc1C(=O)C1CC1C(=O)O. The first kappa shape index (κ1) is 19.7. The number of aromatic nitrogens is 1. The van der Waals surface area contributed by atoms with E-state index in [0.29, 0.717) is 29.7 Å². The molecule has 2 aliphatic carbocycles. The topological polar surface area (TPSA) is 79.7 Å². The van der Waals surface area contributed by atoms with Crippen molar-refractivity contribution in [2.45, 2.75) is 25.8 Å². The fraction of sp³-hybridized carbons (Fsp3) is 0.409. The van der Waals surface area contributed by atoms with Crippen LogP contribution in [0.2, 0.25) is 5.02 Å². The molecule has 29 heavy (non-hydrogen) atoms. The van der Waals surface area contributed by atoms with E-state index in [4.69, 9.17) is 21.4 Å². The van der Waals surface area contributed by atoms with E-state index in [9.17, 15) is 9.59 Å². The second-order valence-electron chi connectivity index (χ2n) is 7.85. The summed E-state index contributed by atoms with van der Waals surface area (Å²) >= 11 is 6.14. The van der Waals surface area contributed by atoms with E-state index in [0.717, 1.165) is 17.8 Å². The maximum Gasteiger partial charge on any atom is 0.307 e. The molecule has 0 spiro atoms. The van der Waals surface area contributed by atoms with Crippen molar-refractivity contribution < 1.29 is 19.4 Å². The lowest BCUT2D eigenvalue weighted by molar-refractivity contribution is -0.138. The van der Waals surface area contributed by atoms with Crippen LogP contribution in [0, 0.1) is 17.8 Å². The van der Waals surface area contributed by atoms with Crippen LogP contribution in [0.15, 0.2) is 36.5 Å². The first-order valence-electron chi connectivity index (χ1n) is 9.76. The van der Waals surface area contributed by atoms with Crippen molar-refractivity contribution in [2.24, 2.45) is 17.8 Å². The van der Waals surface area contributed by atoms with Crippen LogP contribution < -0.4 is 9.64 Å². The number of pyridine rings is 1. The molecule has 2 saturated carbocycles. The maximum atomic E-state index is 12.7. The smallest absolute Gasteiger partial charge is 0.307 e. The molecule has 0 aliphatic heterocycles. The number of ether oxygens (including phenoxy) is 1. The molecule has 1 aromatic carbocycles. The molecular weight excluding hydrogens is 392 g/mol. The minimum atomic E-state index is -0.934. The van der Waals surface area contributed by atoms with Gasteiger partial charge in [-0.2, -0.15) is 0 Å². The van der Waals surface area contributed by atoms with Gasteiger partial charge in [0.1, 0.15) is 11.4 Å². The molecule has 0 radical (unpaired) electrons. The number of aliphatic carboxylic acids is 1. The van der Waals surface area contributed by atoms with Gasteiger partial charge in [0.05, 0.1) is 24.9 Å². The van der Waals surface area contributed by atoms with Gasteiger partial charge in [-0.05, 0) is 42.9 Å². The summed E-state index contributed by atoms with van der Waals surface area (Å²) in [6, 6.07) is 9.59. The summed E-state index contributed by atoms with van der Waals surface area (Å²) in [5.74, 6) is -1.27. The van der Waals surface area contributed by atoms with Crippen molar-refractivity contribution >= 4 is 29.0 Å². The fourth-order valence-corrected chi connectivity index (χ4v) is 3.82. The van der Waals surface area contributed by atoms with E-state index in [1.807, 2.05) is 30.3 Å². The van der Waals surface area contributed by atoms with Gasteiger partial charge in [0.15, 0.2) is 5.78 Å². The number of Topliss-reactive ketones (excluding diaryl/α,β-unsaturated/α-hetero) is 1. The summed E-state index contributed by atoms with van der Waals surface area (Å²) in [6.45, 7) is 1.58. The summed E-state index contributed by atoms with van der Waals surface area (Å²) in [4.78, 5) is 30.4. The number of hydrogen-bond acceptors (Lipinski definition) is 5. The maximum absolute atomic E-state index is 12.7. The molecule has 1 heterocycles. The quantitative estimate of drug-likeness (QED) is 0.623. The predicted molar refractivity (Wildman–Crippen MR) is 110 cm³/mol. The monoisotopic (exact) mass is 414 g/mol. The zero-order chi connectivity index (χ0) is 20.5. The third kappa shape index (κ3) is 4.53. The van der Waals surface area contributed by atoms with E-state index in [-0.39, 0.29) is 11.5 Å². The number of carbonyl (C=O) groups excluding carboxylic acids is 1. The Morgan fingerprint density at radius 3 is 2.69 bits per heavy atom. The molecule has 2 fully saturated rings. The van der Waals surface area contributed by atoms with Crippen molar-refractivity contribution in [3.05, 3.63) is 52.8 Å². The van der Waals surface area contributed by atoms with Crippen molar-refractivity contribution in [3.63, 3.8) is 0 Å². The van der Waals surface area contributed by atoms with Crippen LogP contribution in [0.25, 0.3) is 0 Å². The number of nitrogens with zero attached hydrogens (tertiary/aromatic N) is 2. The summed E-state index contributed by atoms with van der Waals surface area (Å²) in [6.07, 6.45) is 4.47. The van der Waals surface area contributed by atoms with Gasteiger partial charge in [-0.15, -0.1) is 0 Å². The van der Waals surface area contributed by atoms with Crippen molar-refractivity contribution in [2.75, 3.05) is 18.6 Å². The largest absolute Gasteiger partial charge is 0.494 e. The third-order valence-corrected chi connectivity index (χ3v) is 5.77. The molecule has 6 nitrogen and oxygen atoms in total. The lowest BCUT2D eigenvalue weighted by Gasteiger charge is -2.25. The molecule has 2 aliphatic rings. The molecule has 1 N–H and O–H groups in total. The van der Waals surface area contributed by atoms with Crippen LogP contribution in [0.3, 0.4) is 0 Å². The Morgan fingerprint density at radius 2 is 2.07 bits per heavy atom. The standard InChI is InChI=1S/C22H23ClN2O4/c1-29-19-8-16(10-24-20(19)21(26)17-9-18(17)22(27)28)25(11-13-5-6-13)12-14-3-2-4-15(23)7-14/h2-4,7-8,10,13,17-18H,5-6,9,11-12H2,1H3,(H,27,28). The number of halogens is 1. The number of anilines is 1. The molecule has 7 heteroatoms. The number of benzene rings is 1. The van der Waals surface area contributed by atoms with E-state index in [1.165, 1.54) is 20.0 Å². The van der Waals surface area contributed by atoms with Crippen LogP contribution >= 0.6 is 11.6 Å². The van der Waals surface area contributed by atoms with Crippen LogP contribution in [0.4, 0.5) is 5.69 Å². The number of ketones is 1. The van der Waals surface area contributed by atoms with Gasteiger partial charge in [0.25, 0.3) is 0 Å². The number of rotatable bonds is 9. The number of carbonyl (C=O) groups is 2. The van der Waals surface area contributed by atoms with Gasteiger partial charge >= 0.3 is 5.97 Å². The molecule has 2 atom stereocenters. The Hall–Kier alpha value is -2.60. The second kappa shape index (κ2) is 8.03. The van der Waals surface area contributed by atoms with Crippen LogP contribution in [0.5, 0.6) is 5.75 Å². The van der Waals surface area contributed by atoms with E-state index in [2.05, 4.69) is 9.88 Å². The minimum Gasteiger partial charge on any atom is -0.494 e. The van der Waals surface area contributed by atoms with Crippen molar-refractivity contribution in [1.82, 2.24) is 4.98 Å². The Morgan fingerprint density at radius 1 is 1.28 bits per heavy atom. The summed E-state index contributed by atoms with van der Waals surface area (Å²) in [5.41, 5.74) is 2.18. The first-order chi connectivity index (χ1) is 14.0. The number of methoxy groups -OCH3 is 1. The van der Waals surface area contributed by atoms with Crippen LogP contribution in [0.1, 0.15) is 35.3 Å². The van der Waals surface area contributed by atoms with E-state index < -0.39 is 17.8 Å². The van der Waals surface area contributed by atoms with Crippen molar-refractivity contribution in [1.29, 1.82) is 0 Å². The Kier molecular flexibility index (Phi) is 5.46. The number of carboxylic acids is 1. The number of carboxylic acid groups (broad SMARTS) is 1. The zero-order valence-corrected chi connectivity index (χ0v) is 16.9. The second-order valence-corrected chi connectivity index (χ2v) is 8.29. The number of hydrogen-bond donors (Lipinski definition) is 1. The predicted octanol–water partition coefficient (Wildman–Crippen LogP) is 4.06. The molecule has 1 aromatic heterocycles. The van der Waals surface area contributed by atoms with E-state index in [1.54, 1.807) is 6.20 Å². The van der Waals surface area contributed by atoms with Gasteiger partial charge in [-0.1, -0.05) is 23.7 Å². The van der Waals surface area contributed by atoms with Gasteiger partial charge in [-0.3, -0.25) is 9.59 Å². The zero-order valence-electron chi connectivity index (χ0n) is 16.2. The molecule has 2 unspecified atom stereocenters. The first-order valence-corrected chi connectivity index (χ1v) is 10.1. The normalized spacial score (nSPS) is 20.2. The van der Waals surface area contributed by atoms with E-state index >= 15 is 0 Å². The molecule has 4 rings (SSSR count). The van der Waals surface area contributed by atoms with Crippen LogP contribution in [-0.4, -0.2) is 35.5 Å². The van der Waals surface area contributed by atoms with Gasteiger partial charge < -0.3 is 14.7 Å². The Bertz CT molecular complexity index is 944. The highest BCUT2D eigenvalue weighted by Crippen LogP contribution is 2.42. The lowest BCUT2D eigenvalue weighted by Crippen LogP contribution is -2.25. The third-order valence-electron chi connectivity index (χ3n) is 5.54. The Labute approximate surface area is 174 Å². The fourth-order valence-electron chi connectivity index (χ4n) is 3.61. The van der Waals surface area contributed by atoms with Gasteiger partial charge in [0, 0.05) is 30.1 Å². The Balaban J connectivity index is 1.58. The van der Waals surface area contributed by atoms with Crippen LogP contribution in [-0.2, 0) is 11.3 Å². The highest BCUT2D eigenvalue weighted by atomic mass is 35.5. The average Bonchev–Trinajstić information content (AvgIpc) is 3.60. The summed E-state index contributed by atoms with van der Waals surface area (Å²) < 4.78 is 5.44. The highest BCUT2D eigenvalue weighted by Gasteiger charge is 2.49. The summed E-state index contributed by atoms with van der Waals surface area (Å²) in [5, 5.41) is 9.79. The molecule has 2 aromatic rings. The van der Waals surface area contributed by atoms with Gasteiger partial charge in [-0.25, -0.2) is 4.98 Å². The van der Waals surface area contributed by atoms with Gasteiger partial charge in [0.2, 0.25) is 0 Å². The molecular formula is C22H23ClN2O4. The van der Waals surface area contributed by atoms with Crippen molar-refractivity contribution in [3.8, 4) is 5.75 Å². The minimum absolute atomic E-state index is 0.208. The summed E-state index contributed by atoms with van der Waals surface area (Å²) in [7, 11) is 1.50. The molecule has 0 bridgehead atoms. The molecule has 0 saturated heterocycles. The highest BCUT2D eigenvalue weighted by molar-refractivity contribution is 6.30.